The van der Waals surface area contributed by atoms with Crippen LogP contribution < -0.4 is 0 Å². The number of hydrogen-bond donors (Lipinski definition) is 1. The largest absolute Gasteiger partial charge is 0.395 e. The van der Waals surface area contributed by atoms with Crippen LogP contribution in [0.3, 0.4) is 0 Å². The lowest BCUT2D eigenvalue weighted by Crippen LogP contribution is -2.07. The first-order chi connectivity index (χ1) is 8.95. The zero-order valence-electron chi connectivity index (χ0n) is 9.82. The lowest BCUT2D eigenvalue weighted by Gasteiger charge is -2.06. The van der Waals surface area contributed by atoms with Gasteiger partial charge in [-0.25, -0.2) is 32.5 Å². The number of aliphatic hydroxyl groups is 1. The van der Waals surface area contributed by atoms with E-state index in [-0.39, 0.29) is 24.3 Å². The molecule has 0 spiro atoms. The molecule has 0 aliphatic carbocycles. The van der Waals surface area contributed by atoms with E-state index < -0.39 is 24.4 Å². The molecule has 2 aromatic rings. The fourth-order valence-corrected chi connectivity index (χ4v) is 1.77. The minimum Gasteiger partial charge on any atom is -0.395 e. The smallest absolute Gasteiger partial charge is 0.297 e. The Hall–Kier alpha value is -1.77. The van der Waals surface area contributed by atoms with Crippen molar-refractivity contribution in [1.29, 1.82) is 0 Å². The molecule has 0 saturated carbocycles. The summed E-state index contributed by atoms with van der Waals surface area (Å²) in [4.78, 5) is 10.6. The molecular weight excluding hydrogens is 268 g/mol. The Balaban J connectivity index is 2.75. The molecule has 0 aromatic carbocycles. The molecule has 0 radical (unpaired) electrons. The van der Waals surface area contributed by atoms with Gasteiger partial charge in [0.25, 0.3) is 12.9 Å². The summed E-state index contributed by atoms with van der Waals surface area (Å²) in [6.07, 6.45) is -6.08. The van der Waals surface area contributed by atoms with Crippen LogP contribution in [-0.4, -0.2) is 31.2 Å². The molecule has 2 aromatic heterocycles. The molecule has 0 aliphatic heterocycles. The highest BCUT2D eigenvalue weighted by Gasteiger charge is 2.24. The Bertz CT molecular complexity index is 599. The zero-order chi connectivity index (χ0) is 14.2. The van der Waals surface area contributed by atoms with E-state index in [9.17, 15) is 17.6 Å². The first-order valence-electron chi connectivity index (χ1n) is 5.37. The molecule has 0 aliphatic rings. The summed E-state index contributed by atoms with van der Waals surface area (Å²) < 4.78 is 52.2. The number of alkyl halides is 4. The summed E-state index contributed by atoms with van der Waals surface area (Å²) in [6, 6.07) is 0. The number of aryl methyl sites for hydroxylation is 1. The summed E-state index contributed by atoms with van der Waals surface area (Å²) >= 11 is 0. The maximum Gasteiger partial charge on any atom is 0.297 e. The third-order valence-electron chi connectivity index (χ3n) is 2.56. The minimum absolute atomic E-state index is 0.0324. The predicted octanol–water partition coefficient (Wildman–Crippen LogP) is 2.00. The first-order valence-corrected chi connectivity index (χ1v) is 5.37. The number of halogens is 4. The van der Waals surface area contributed by atoms with Crippen LogP contribution in [0.1, 0.15) is 30.2 Å². The third kappa shape index (κ3) is 2.37. The molecule has 2 rings (SSSR count). The fraction of sp³-hybridized carbons (Fsp3) is 0.500. The Morgan fingerprint density at radius 1 is 1.11 bits per heavy atom. The average molecular weight is 278 g/mol. The maximum absolute atomic E-state index is 12.8. The van der Waals surface area contributed by atoms with Gasteiger partial charge in [0.15, 0.2) is 11.5 Å². The van der Waals surface area contributed by atoms with E-state index in [1.807, 2.05) is 0 Å². The van der Waals surface area contributed by atoms with Gasteiger partial charge < -0.3 is 9.67 Å². The number of imidazole rings is 1. The lowest BCUT2D eigenvalue weighted by molar-refractivity contribution is 0.131. The van der Waals surface area contributed by atoms with Crippen molar-refractivity contribution in [3.05, 3.63) is 17.3 Å². The van der Waals surface area contributed by atoms with Gasteiger partial charge >= 0.3 is 0 Å². The normalized spacial score (nSPS) is 12.0. The maximum atomic E-state index is 12.8. The standard InChI is InChI=1S/C10H10F4N4O/c1-4-15-6-5(7(11)12)16-9(8(13)14)17-10(6)18(4)2-3-19/h7-8,19H,2-3H2,1H3. The van der Waals surface area contributed by atoms with E-state index in [0.29, 0.717) is 5.82 Å². The van der Waals surface area contributed by atoms with E-state index in [4.69, 9.17) is 5.11 Å². The summed E-state index contributed by atoms with van der Waals surface area (Å²) in [5.74, 6) is -0.673. The van der Waals surface area contributed by atoms with E-state index in [2.05, 4.69) is 15.0 Å². The summed E-state index contributed by atoms with van der Waals surface area (Å²) in [6.45, 7) is 1.25. The number of fused-ring (bicyclic) bond motifs is 1. The highest BCUT2D eigenvalue weighted by molar-refractivity contribution is 5.74. The van der Waals surface area contributed by atoms with Gasteiger partial charge in [-0.3, -0.25) is 0 Å². The van der Waals surface area contributed by atoms with Crippen LogP contribution in [0, 0.1) is 6.92 Å². The highest BCUT2D eigenvalue weighted by Crippen LogP contribution is 2.27. The predicted molar refractivity (Wildman–Crippen MR) is 57.1 cm³/mol. The van der Waals surface area contributed by atoms with Crippen molar-refractivity contribution in [3.63, 3.8) is 0 Å². The van der Waals surface area contributed by atoms with E-state index >= 15 is 0 Å². The average Bonchev–Trinajstić information content (AvgIpc) is 2.65. The Morgan fingerprint density at radius 3 is 2.32 bits per heavy atom. The monoisotopic (exact) mass is 278 g/mol. The molecule has 19 heavy (non-hydrogen) atoms. The molecule has 0 unspecified atom stereocenters. The topological polar surface area (TPSA) is 63.8 Å². The van der Waals surface area contributed by atoms with Gasteiger partial charge in [-0.1, -0.05) is 0 Å². The third-order valence-corrected chi connectivity index (χ3v) is 2.56. The van der Waals surface area contributed by atoms with Gasteiger partial charge in [0, 0.05) is 6.54 Å². The quantitative estimate of drug-likeness (QED) is 0.869. The second-order valence-corrected chi connectivity index (χ2v) is 3.77. The Labute approximate surface area is 104 Å². The second-order valence-electron chi connectivity index (χ2n) is 3.77. The van der Waals surface area contributed by atoms with Crippen LogP contribution in [0.4, 0.5) is 17.6 Å². The molecule has 9 heteroatoms. The molecular formula is C10H10F4N4O. The second kappa shape index (κ2) is 5.08. The van der Waals surface area contributed by atoms with Gasteiger partial charge in [0.05, 0.1) is 6.61 Å². The molecule has 0 bridgehead atoms. The molecule has 104 valence electrons. The van der Waals surface area contributed by atoms with Crippen molar-refractivity contribution in [1.82, 2.24) is 19.5 Å². The van der Waals surface area contributed by atoms with Crippen LogP contribution >= 0.6 is 0 Å². The lowest BCUT2D eigenvalue weighted by atomic mass is 10.3. The number of nitrogens with zero attached hydrogens (tertiary/aromatic N) is 4. The van der Waals surface area contributed by atoms with Gasteiger partial charge in [-0.05, 0) is 6.92 Å². The van der Waals surface area contributed by atoms with Crippen molar-refractivity contribution in [2.45, 2.75) is 26.3 Å². The summed E-state index contributed by atoms with van der Waals surface area (Å²) in [7, 11) is 0. The minimum atomic E-state index is -3.06. The van der Waals surface area contributed by atoms with Gasteiger partial charge in [0.2, 0.25) is 0 Å². The Morgan fingerprint density at radius 2 is 1.79 bits per heavy atom. The number of hydrogen-bond acceptors (Lipinski definition) is 4. The highest BCUT2D eigenvalue weighted by atomic mass is 19.3. The molecule has 0 fully saturated rings. The molecule has 0 saturated heterocycles. The molecule has 5 nitrogen and oxygen atoms in total. The number of rotatable bonds is 4. The van der Waals surface area contributed by atoms with Gasteiger partial charge in [-0.15, -0.1) is 0 Å². The Kier molecular flexibility index (Phi) is 3.65. The van der Waals surface area contributed by atoms with Gasteiger partial charge in [0.1, 0.15) is 17.0 Å². The van der Waals surface area contributed by atoms with E-state index in [1.54, 1.807) is 0 Å². The molecule has 2 heterocycles. The number of aromatic nitrogens is 4. The van der Waals surface area contributed by atoms with Crippen molar-refractivity contribution in [2.75, 3.05) is 6.61 Å². The van der Waals surface area contributed by atoms with Gasteiger partial charge in [-0.2, -0.15) is 0 Å². The molecule has 1 N–H and O–H groups in total. The van der Waals surface area contributed by atoms with Crippen LogP contribution in [-0.2, 0) is 6.54 Å². The number of aliphatic hydroxyl groups excluding tert-OH is 1. The molecule has 0 amide bonds. The van der Waals surface area contributed by atoms with Crippen LogP contribution in [0.2, 0.25) is 0 Å². The van der Waals surface area contributed by atoms with Crippen LogP contribution in [0.25, 0.3) is 11.2 Å². The SMILES string of the molecule is Cc1nc2c(C(F)F)nc(C(F)F)nc2n1CCO. The van der Waals surface area contributed by atoms with Crippen molar-refractivity contribution in [2.24, 2.45) is 0 Å². The van der Waals surface area contributed by atoms with Crippen molar-refractivity contribution >= 4 is 11.2 Å². The van der Waals surface area contributed by atoms with E-state index in [0.717, 1.165) is 0 Å². The van der Waals surface area contributed by atoms with Crippen LogP contribution in [0.15, 0.2) is 0 Å². The summed E-state index contributed by atoms with van der Waals surface area (Å²) in [5, 5.41) is 8.89. The zero-order valence-corrected chi connectivity index (χ0v) is 9.82. The van der Waals surface area contributed by atoms with E-state index in [1.165, 1.54) is 11.5 Å². The van der Waals surface area contributed by atoms with Crippen LogP contribution in [0.5, 0.6) is 0 Å². The first kappa shape index (κ1) is 13.7. The van der Waals surface area contributed by atoms with Crippen molar-refractivity contribution in [3.8, 4) is 0 Å². The van der Waals surface area contributed by atoms with Crippen molar-refractivity contribution < 1.29 is 22.7 Å². The molecule has 0 atom stereocenters. The summed E-state index contributed by atoms with van der Waals surface area (Å²) in [5.41, 5.74) is -1.16. The fourth-order valence-electron chi connectivity index (χ4n) is 1.77.